The summed E-state index contributed by atoms with van der Waals surface area (Å²) in [4.78, 5) is 0.372. The molecule has 1 unspecified atom stereocenters. The second kappa shape index (κ2) is 6.57. The molecule has 0 fully saturated rings. The molecule has 0 radical (unpaired) electrons. The number of thiocarbonyl (C=S) groups is 1. The summed E-state index contributed by atoms with van der Waals surface area (Å²) in [6.07, 6.45) is 0. The molecule has 3 N–H and O–H groups in total. The second-order valence-corrected chi connectivity index (χ2v) is 6.26. The molecule has 2 aromatic rings. The zero-order valence-corrected chi connectivity index (χ0v) is 14.0. The lowest BCUT2D eigenvalue weighted by atomic mass is 10.1. The fraction of sp³-hybridized carbons (Fsp3) is 0.133. The van der Waals surface area contributed by atoms with Crippen LogP contribution >= 0.6 is 39.7 Å². The highest BCUT2D eigenvalue weighted by molar-refractivity contribution is 9.10. The van der Waals surface area contributed by atoms with Gasteiger partial charge in [0.05, 0.1) is 0 Å². The van der Waals surface area contributed by atoms with Crippen molar-refractivity contribution in [2.75, 3.05) is 5.32 Å². The molecule has 0 bridgehead atoms. The smallest absolute Gasteiger partial charge is 0.106 e. The van der Waals surface area contributed by atoms with Crippen molar-refractivity contribution in [1.82, 2.24) is 0 Å². The Hall–Kier alpha value is -1.10. The Morgan fingerprint density at radius 3 is 2.50 bits per heavy atom. The molecule has 2 aromatic carbocycles. The summed E-state index contributed by atoms with van der Waals surface area (Å²) in [5.41, 5.74) is 8.66. The monoisotopic (exact) mass is 368 g/mol. The highest BCUT2D eigenvalue weighted by Gasteiger charge is 2.10. The highest BCUT2D eigenvalue weighted by atomic mass is 79.9. The molecule has 0 saturated heterocycles. The van der Waals surface area contributed by atoms with Gasteiger partial charge in [0.25, 0.3) is 0 Å². The number of hydrogen-bond acceptors (Lipinski definition) is 2. The van der Waals surface area contributed by atoms with Gasteiger partial charge in [0.2, 0.25) is 0 Å². The Kier molecular flexibility index (Phi) is 5.02. The molecular formula is C15H14BrClN2S. The lowest BCUT2D eigenvalue weighted by molar-refractivity contribution is 0.884. The molecule has 0 aliphatic heterocycles. The van der Waals surface area contributed by atoms with Crippen molar-refractivity contribution in [1.29, 1.82) is 0 Å². The number of rotatable bonds is 4. The van der Waals surface area contributed by atoms with Gasteiger partial charge < -0.3 is 11.1 Å². The predicted molar refractivity (Wildman–Crippen MR) is 93.5 cm³/mol. The molecule has 5 heteroatoms. The number of anilines is 1. The quantitative estimate of drug-likeness (QED) is 0.752. The Morgan fingerprint density at radius 2 is 1.90 bits per heavy atom. The van der Waals surface area contributed by atoms with Crippen LogP contribution in [0.3, 0.4) is 0 Å². The Bertz CT molecular complexity index is 628. The highest BCUT2D eigenvalue weighted by Crippen LogP contribution is 2.26. The molecule has 1 atom stereocenters. The number of nitrogens with one attached hydrogen (secondary N) is 1. The first kappa shape index (κ1) is 15.3. The van der Waals surface area contributed by atoms with Gasteiger partial charge in [-0.1, -0.05) is 51.9 Å². The minimum absolute atomic E-state index is 0.126. The van der Waals surface area contributed by atoms with E-state index in [9.17, 15) is 0 Å². The Balaban J connectivity index is 2.25. The molecule has 0 aromatic heterocycles. The van der Waals surface area contributed by atoms with Crippen molar-refractivity contribution < 1.29 is 0 Å². The van der Waals surface area contributed by atoms with E-state index in [0.29, 0.717) is 4.99 Å². The molecule has 0 aliphatic rings. The topological polar surface area (TPSA) is 38.0 Å². The van der Waals surface area contributed by atoms with Gasteiger partial charge in [0.1, 0.15) is 4.99 Å². The van der Waals surface area contributed by atoms with Crippen LogP contribution in [0.15, 0.2) is 46.9 Å². The first-order valence-electron chi connectivity index (χ1n) is 6.08. The van der Waals surface area contributed by atoms with Crippen molar-refractivity contribution >= 4 is 50.4 Å². The SMILES string of the molecule is CC(Nc1ccc(Br)cc1C(N)=S)c1ccc(Cl)cc1. The summed E-state index contributed by atoms with van der Waals surface area (Å²) in [5.74, 6) is 0. The van der Waals surface area contributed by atoms with E-state index in [0.717, 1.165) is 26.3 Å². The minimum Gasteiger partial charge on any atom is -0.389 e. The Morgan fingerprint density at radius 1 is 1.25 bits per heavy atom. The molecule has 0 heterocycles. The maximum atomic E-state index is 5.90. The summed E-state index contributed by atoms with van der Waals surface area (Å²) in [7, 11) is 0. The van der Waals surface area contributed by atoms with Crippen LogP contribution in [0.1, 0.15) is 24.1 Å². The largest absolute Gasteiger partial charge is 0.389 e. The first-order valence-corrected chi connectivity index (χ1v) is 7.66. The molecule has 0 saturated carbocycles. The summed E-state index contributed by atoms with van der Waals surface area (Å²) in [6.45, 7) is 2.08. The molecule has 0 aliphatic carbocycles. The van der Waals surface area contributed by atoms with E-state index in [4.69, 9.17) is 29.6 Å². The molecule has 2 rings (SSSR count). The van der Waals surface area contributed by atoms with E-state index >= 15 is 0 Å². The van der Waals surface area contributed by atoms with Crippen molar-refractivity contribution in [2.45, 2.75) is 13.0 Å². The van der Waals surface area contributed by atoms with E-state index in [2.05, 4.69) is 28.2 Å². The van der Waals surface area contributed by atoms with Gasteiger partial charge in [-0.05, 0) is 42.8 Å². The molecule has 20 heavy (non-hydrogen) atoms. The summed E-state index contributed by atoms with van der Waals surface area (Å²) in [5, 5.41) is 4.15. The Labute approximate surface area is 137 Å². The number of hydrogen-bond donors (Lipinski definition) is 2. The van der Waals surface area contributed by atoms with Crippen molar-refractivity contribution in [3.8, 4) is 0 Å². The average Bonchev–Trinajstić information content (AvgIpc) is 2.41. The third-order valence-corrected chi connectivity index (χ3v) is 3.95. The summed E-state index contributed by atoms with van der Waals surface area (Å²) >= 11 is 14.4. The van der Waals surface area contributed by atoms with E-state index < -0.39 is 0 Å². The minimum atomic E-state index is 0.126. The molecule has 0 spiro atoms. The zero-order chi connectivity index (χ0) is 14.7. The van der Waals surface area contributed by atoms with Crippen LogP contribution in [0.5, 0.6) is 0 Å². The van der Waals surface area contributed by atoms with E-state index in [1.807, 2.05) is 42.5 Å². The van der Waals surface area contributed by atoms with Crippen LogP contribution in [-0.4, -0.2) is 4.99 Å². The maximum Gasteiger partial charge on any atom is 0.106 e. The normalized spacial score (nSPS) is 11.9. The van der Waals surface area contributed by atoms with Gasteiger partial charge in [-0.2, -0.15) is 0 Å². The van der Waals surface area contributed by atoms with Gasteiger partial charge >= 0.3 is 0 Å². The second-order valence-electron chi connectivity index (χ2n) is 4.47. The van der Waals surface area contributed by atoms with Gasteiger partial charge in [-0.3, -0.25) is 0 Å². The van der Waals surface area contributed by atoms with Crippen molar-refractivity contribution in [2.24, 2.45) is 5.73 Å². The standard InChI is InChI=1S/C15H14BrClN2S/c1-9(10-2-5-12(17)6-3-10)19-14-7-4-11(16)8-13(14)15(18)20/h2-9,19H,1H3,(H2,18,20). The van der Waals surface area contributed by atoms with Crippen LogP contribution in [0, 0.1) is 0 Å². The molecule has 2 nitrogen and oxygen atoms in total. The fourth-order valence-electron chi connectivity index (χ4n) is 1.91. The first-order chi connectivity index (χ1) is 9.47. The van der Waals surface area contributed by atoms with Crippen molar-refractivity contribution in [3.05, 3.63) is 63.1 Å². The third-order valence-electron chi connectivity index (χ3n) is 2.99. The lowest BCUT2D eigenvalue weighted by Crippen LogP contribution is -2.15. The molecule has 104 valence electrons. The number of benzene rings is 2. The fourth-order valence-corrected chi connectivity index (χ4v) is 2.57. The lowest BCUT2D eigenvalue weighted by Gasteiger charge is -2.18. The molecule has 0 amide bonds. The van der Waals surface area contributed by atoms with Crippen molar-refractivity contribution in [3.63, 3.8) is 0 Å². The number of nitrogens with two attached hydrogens (primary N) is 1. The van der Waals surface area contributed by atoms with E-state index in [1.54, 1.807) is 0 Å². The summed E-state index contributed by atoms with van der Waals surface area (Å²) in [6, 6.07) is 13.7. The van der Waals surface area contributed by atoms with Gasteiger partial charge in [0, 0.05) is 26.8 Å². The average molecular weight is 370 g/mol. The summed E-state index contributed by atoms with van der Waals surface area (Å²) < 4.78 is 0.949. The van der Waals surface area contributed by atoms with Crippen LogP contribution < -0.4 is 11.1 Å². The number of halogens is 2. The van der Waals surface area contributed by atoms with Gasteiger partial charge in [0.15, 0.2) is 0 Å². The third kappa shape index (κ3) is 3.72. The van der Waals surface area contributed by atoms with Crippen LogP contribution in [-0.2, 0) is 0 Å². The predicted octanol–water partition coefficient (Wildman–Crippen LogP) is 4.91. The van der Waals surface area contributed by atoms with Crippen LogP contribution in [0.2, 0.25) is 5.02 Å². The zero-order valence-electron chi connectivity index (χ0n) is 10.9. The van der Waals surface area contributed by atoms with Gasteiger partial charge in [-0.25, -0.2) is 0 Å². The molecular weight excluding hydrogens is 356 g/mol. The maximum absolute atomic E-state index is 5.90. The van der Waals surface area contributed by atoms with Crippen LogP contribution in [0.25, 0.3) is 0 Å². The van der Waals surface area contributed by atoms with E-state index in [-0.39, 0.29) is 6.04 Å². The van der Waals surface area contributed by atoms with Gasteiger partial charge in [-0.15, -0.1) is 0 Å². The van der Waals surface area contributed by atoms with E-state index in [1.165, 1.54) is 0 Å². The van der Waals surface area contributed by atoms with Crippen LogP contribution in [0.4, 0.5) is 5.69 Å².